The van der Waals surface area contributed by atoms with E-state index in [1.807, 2.05) is 6.07 Å². The van der Waals surface area contributed by atoms with Crippen LogP contribution >= 0.6 is 0 Å². The second-order valence-corrected chi connectivity index (χ2v) is 12.5. The van der Waals surface area contributed by atoms with Gasteiger partial charge in [0.1, 0.15) is 6.33 Å². The standard InChI is InChI=1S/C45H29N5/c1-3-12-30(13-4-1)32-22-24-33(25-23-32)44-46-29-47-45(48-44)50-41-21-10-8-19-37(41)39-27-26-38-36-18-7-9-20-40(36)49(42(38)43(39)50)35-17-11-16-34(28-35)31-14-5-2-6-15-31/h1-29H. The molecule has 234 valence electrons. The van der Waals surface area contributed by atoms with Crippen molar-refractivity contribution in [1.82, 2.24) is 24.1 Å². The summed E-state index contributed by atoms with van der Waals surface area (Å²) < 4.78 is 4.62. The molecule has 0 aliphatic rings. The van der Waals surface area contributed by atoms with Gasteiger partial charge in [0.05, 0.1) is 22.1 Å². The van der Waals surface area contributed by atoms with Crippen molar-refractivity contribution in [3.63, 3.8) is 0 Å². The molecule has 5 nitrogen and oxygen atoms in total. The molecule has 3 heterocycles. The van der Waals surface area contributed by atoms with Crippen LogP contribution in [0.5, 0.6) is 0 Å². The molecule has 0 aliphatic carbocycles. The third-order valence-electron chi connectivity index (χ3n) is 9.69. The van der Waals surface area contributed by atoms with Crippen LogP contribution in [-0.4, -0.2) is 24.1 Å². The molecule has 10 aromatic rings. The van der Waals surface area contributed by atoms with Crippen LogP contribution in [0.1, 0.15) is 0 Å². The van der Waals surface area contributed by atoms with Crippen LogP contribution in [0, 0.1) is 0 Å². The molecule has 50 heavy (non-hydrogen) atoms. The highest BCUT2D eigenvalue weighted by Crippen LogP contribution is 2.41. The Balaban J connectivity index is 1.24. The van der Waals surface area contributed by atoms with Crippen molar-refractivity contribution in [2.24, 2.45) is 0 Å². The lowest BCUT2D eigenvalue weighted by atomic mass is 10.0. The molecule has 5 heteroatoms. The van der Waals surface area contributed by atoms with E-state index in [0.717, 1.165) is 49.7 Å². The van der Waals surface area contributed by atoms with E-state index in [9.17, 15) is 0 Å². The first kappa shape index (κ1) is 28.2. The number of rotatable bonds is 5. The van der Waals surface area contributed by atoms with E-state index in [-0.39, 0.29) is 0 Å². The van der Waals surface area contributed by atoms with Gasteiger partial charge >= 0.3 is 0 Å². The second-order valence-electron chi connectivity index (χ2n) is 12.5. The number of nitrogens with zero attached hydrogens (tertiary/aromatic N) is 5. The first-order chi connectivity index (χ1) is 24.8. The summed E-state index contributed by atoms with van der Waals surface area (Å²) in [7, 11) is 0. The van der Waals surface area contributed by atoms with Crippen LogP contribution in [0.3, 0.4) is 0 Å². The predicted octanol–water partition coefficient (Wildman–Crippen LogP) is 11.1. The summed E-state index contributed by atoms with van der Waals surface area (Å²) in [6, 6.07) is 59.9. The van der Waals surface area contributed by atoms with Gasteiger partial charge in [0.15, 0.2) is 5.82 Å². The third kappa shape index (κ3) is 4.45. The van der Waals surface area contributed by atoms with Crippen molar-refractivity contribution in [2.75, 3.05) is 0 Å². The van der Waals surface area contributed by atoms with Crippen LogP contribution in [0.4, 0.5) is 0 Å². The maximum Gasteiger partial charge on any atom is 0.238 e. The molecule has 3 aromatic heterocycles. The van der Waals surface area contributed by atoms with E-state index in [4.69, 9.17) is 9.97 Å². The average Bonchev–Trinajstić information content (AvgIpc) is 3.72. The van der Waals surface area contributed by atoms with Crippen molar-refractivity contribution in [3.05, 3.63) is 176 Å². The third-order valence-corrected chi connectivity index (χ3v) is 9.69. The van der Waals surface area contributed by atoms with Gasteiger partial charge < -0.3 is 4.57 Å². The first-order valence-electron chi connectivity index (χ1n) is 16.8. The number of fused-ring (bicyclic) bond motifs is 7. The minimum atomic E-state index is 0.579. The Bertz CT molecular complexity index is 2850. The molecule has 10 rings (SSSR count). The maximum atomic E-state index is 5.14. The Morgan fingerprint density at radius 1 is 0.360 bits per heavy atom. The zero-order valence-electron chi connectivity index (χ0n) is 27.0. The van der Waals surface area contributed by atoms with Gasteiger partial charge in [-0.15, -0.1) is 0 Å². The van der Waals surface area contributed by atoms with Crippen LogP contribution in [-0.2, 0) is 0 Å². The molecule has 0 N–H and O–H groups in total. The number of benzene rings is 7. The summed E-state index contributed by atoms with van der Waals surface area (Å²) in [6.45, 7) is 0. The van der Waals surface area contributed by atoms with Crippen LogP contribution in [0.15, 0.2) is 176 Å². The highest BCUT2D eigenvalue weighted by atomic mass is 15.2. The summed E-state index contributed by atoms with van der Waals surface area (Å²) in [4.78, 5) is 14.6. The van der Waals surface area contributed by atoms with E-state index in [2.05, 4.69) is 178 Å². The van der Waals surface area contributed by atoms with E-state index in [0.29, 0.717) is 11.8 Å². The molecule has 0 aliphatic heterocycles. The van der Waals surface area contributed by atoms with E-state index >= 15 is 0 Å². The fraction of sp³-hybridized carbons (Fsp3) is 0. The molecule has 0 radical (unpaired) electrons. The van der Waals surface area contributed by atoms with Crippen LogP contribution < -0.4 is 0 Å². The molecule has 0 fully saturated rings. The van der Waals surface area contributed by atoms with Gasteiger partial charge in [-0.25, -0.2) is 9.97 Å². The summed E-state index contributed by atoms with van der Waals surface area (Å²) in [6.07, 6.45) is 1.63. The van der Waals surface area contributed by atoms with Crippen molar-refractivity contribution in [2.45, 2.75) is 0 Å². The van der Waals surface area contributed by atoms with Gasteiger partial charge in [-0.3, -0.25) is 4.57 Å². The quantitative estimate of drug-likeness (QED) is 0.188. The summed E-state index contributed by atoms with van der Waals surface area (Å²) in [5, 5.41) is 4.66. The van der Waals surface area contributed by atoms with Crippen molar-refractivity contribution >= 4 is 43.6 Å². The molecular weight excluding hydrogens is 611 g/mol. The van der Waals surface area contributed by atoms with Gasteiger partial charge in [-0.1, -0.05) is 146 Å². The van der Waals surface area contributed by atoms with Crippen LogP contribution in [0.25, 0.3) is 88.9 Å². The topological polar surface area (TPSA) is 48.5 Å². The van der Waals surface area contributed by atoms with Gasteiger partial charge in [0.2, 0.25) is 5.95 Å². The number of para-hydroxylation sites is 2. The summed E-state index contributed by atoms with van der Waals surface area (Å²) >= 11 is 0. The van der Waals surface area contributed by atoms with E-state index in [1.165, 1.54) is 27.5 Å². The lowest BCUT2D eigenvalue weighted by Gasteiger charge is -2.13. The Kier molecular flexibility index (Phi) is 6.42. The summed E-state index contributed by atoms with van der Waals surface area (Å²) in [5.41, 5.74) is 11.1. The molecule has 0 bridgehead atoms. The molecule has 0 spiro atoms. The van der Waals surface area contributed by atoms with Crippen LogP contribution in [0.2, 0.25) is 0 Å². The minimum absolute atomic E-state index is 0.579. The monoisotopic (exact) mass is 639 g/mol. The van der Waals surface area contributed by atoms with Crippen molar-refractivity contribution in [3.8, 4) is 45.3 Å². The van der Waals surface area contributed by atoms with Gasteiger partial charge in [0, 0.05) is 32.8 Å². The van der Waals surface area contributed by atoms with Gasteiger partial charge in [0.25, 0.3) is 0 Å². The average molecular weight is 640 g/mol. The molecule has 0 saturated heterocycles. The predicted molar refractivity (Wildman–Crippen MR) is 205 cm³/mol. The van der Waals surface area contributed by atoms with E-state index in [1.54, 1.807) is 6.33 Å². The van der Waals surface area contributed by atoms with Gasteiger partial charge in [-0.2, -0.15) is 4.98 Å². The number of hydrogen-bond donors (Lipinski definition) is 0. The molecule has 0 saturated carbocycles. The Labute approximate surface area is 288 Å². The normalized spacial score (nSPS) is 11.6. The Hall–Kier alpha value is -6.85. The Morgan fingerprint density at radius 2 is 0.880 bits per heavy atom. The van der Waals surface area contributed by atoms with E-state index < -0.39 is 0 Å². The first-order valence-corrected chi connectivity index (χ1v) is 16.8. The second kappa shape index (κ2) is 11.4. The zero-order chi connectivity index (χ0) is 33.0. The lowest BCUT2D eigenvalue weighted by Crippen LogP contribution is -2.05. The van der Waals surface area contributed by atoms with Gasteiger partial charge in [-0.05, 0) is 46.5 Å². The molecular formula is C45H29N5. The largest absolute Gasteiger partial charge is 0.307 e. The fourth-order valence-corrected chi connectivity index (χ4v) is 7.41. The summed E-state index contributed by atoms with van der Waals surface area (Å²) in [5.74, 6) is 1.21. The van der Waals surface area contributed by atoms with Crippen molar-refractivity contribution < 1.29 is 0 Å². The number of aromatic nitrogens is 5. The van der Waals surface area contributed by atoms with Crippen molar-refractivity contribution in [1.29, 1.82) is 0 Å². The number of hydrogen-bond acceptors (Lipinski definition) is 3. The smallest absolute Gasteiger partial charge is 0.238 e. The lowest BCUT2D eigenvalue weighted by molar-refractivity contribution is 0.946. The molecule has 0 amide bonds. The SMILES string of the molecule is c1ccc(-c2ccc(-c3ncnc(-n4c5ccccc5c5ccc6c7ccccc7n(-c7cccc(-c8ccccc8)c7)c6c54)n3)cc2)cc1. The highest BCUT2D eigenvalue weighted by Gasteiger charge is 2.22. The fourth-order valence-electron chi connectivity index (χ4n) is 7.41. The maximum absolute atomic E-state index is 5.14. The molecule has 0 unspecified atom stereocenters. The molecule has 7 aromatic carbocycles. The zero-order valence-corrected chi connectivity index (χ0v) is 27.0. The highest BCUT2D eigenvalue weighted by molar-refractivity contribution is 6.23. The Morgan fingerprint density at radius 3 is 1.56 bits per heavy atom. The minimum Gasteiger partial charge on any atom is -0.307 e. The molecule has 0 atom stereocenters.